The van der Waals surface area contributed by atoms with Crippen LogP contribution >= 0.6 is 0 Å². The molecule has 2 aliphatic heterocycles. The summed E-state index contributed by atoms with van der Waals surface area (Å²) in [5.41, 5.74) is 1.19. The number of ether oxygens (including phenoxy) is 4. The maximum Gasteiger partial charge on any atom is 0.415 e. The molecular weight excluding hydrogens is 374 g/mol. The van der Waals surface area contributed by atoms with Crippen molar-refractivity contribution in [3.63, 3.8) is 0 Å². The number of fused-ring (bicyclic) bond motifs is 1. The van der Waals surface area contributed by atoms with Crippen molar-refractivity contribution in [2.75, 3.05) is 32.9 Å². The molecule has 4 rings (SSSR count). The fraction of sp³-hybridized carbons (Fsp3) is 0.273. The van der Waals surface area contributed by atoms with Crippen LogP contribution in [0.2, 0.25) is 0 Å². The Balaban J connectivity index is 1.49. The van der Waals surface area contributed by atoms with Crippen LogP contribution in [0, 0.1) is 0 Å². The largest absolute Gasteiger partial charge is 0.494 e. The molecule has 150 valence electrons. The third kappa shape index (κ3) is 4.25. The highest BCUT2D eigenvalue weighted by Crippen LogP contribution is 2.35. The van der Waals surface area contributed by atoms with E-state index in [0.29, 0.717) is 61.3 Å². The number of hydrogen-bond donors (Lipinski definition) is 0. The Morgan fingerprint density at radius 3 is 2.76 bits per heavy atom. The average molecular weight is 395 g/mol. The van der Waals surface area contributed by atoms with E-state index >= 15 is 0 Å². The standard InChI is InChI=1S/C22H21NO6/c1-2-27-16-6-7-18-19(14-16)29-20(21(18)24)13-15-4-3-5-17(12-15)28-22(25)23-8-10-26-11-9-23/h3-7,12-14H,2,8-11H2,1H3/b20-13-. The molecule has 29 heavy (non-hydrogen) atoms. The second kappa shape index (κ2) is 8.36. The van der Waals surface area contributed by atoms with E-state index in [0.717, 1.165) is 0 Å². The van der Waals surface area contributed by atoms with Crippen molar-refractivity contribution in [2.24, 2.45) is 0 Å². The summed E-state index contributed by atoms with van der Waals surface area (Å²) in [5.74, 6) is 1.54. The van der Waals surface area contributed by atoms with E-state index < -0.39 is 6.09 Å². The topological polar surface area (TPSA) is 74.3 Å². The fourth-order valence-corrected chi connectivity index (χ4v) is 3.15. The third-order valence-electron chi connectivity index (χ3n) is 4.58. The Hall–Kier alpha value is -3.32. The van der Waals surface area contributed by atoms with Gasteiger partial charge in [-0.15, -0.1) is 0 Å². The molecule has 2 aromatic rings. The van der Waals surface area contributed by atoms with E-state index in [1.54, 1.807) is 47.4 Å². The van der Waals surface area contributed by atoms with Gasteiger partial charge in [-0.1, -0.05) is 12.1 Å². The lowest BCUT2D eigenvalue weighted by atomic mass is 10.1. The summed E-state index contributed by atoms with van der Waals surface area (Å²) in [5, 5.41) is 0. The first kappa shape index (κ1) is 19.0. The number of morpholine rings is 1. The van der Waals surface area contributed by atoms with Gasteiger partial charge in [0, 0.05) is 19.2 Å². The van der Waals surface area contributed by atoms with E-state index in [1.807, 2.05) is 13.0 Å². The lowest BCUT2D eigenvalue weighted by molar-refractivity contribution is 0.0416. The van der Waals surface area contributed by atoms with E-state index in [-0.39, 0.29) is 11.5 Å². The number of Topliss-reactive ketones (excluding diaryl/α,β-unsaturated/α-hetero) is 1. The van der Waals surface area contributed by atoms with E-state index in [4.69, 9.17) is 18.9 Å². The molecule has 0 aromatic heterocycles. The van der Waals surface area contributed by atoms with Crippen molar-refractivity contribution in [3.8, 4) is 17.2 Å². The van der Waals surface area contributed by atoms with E-state index in [2.05, 4.69) is 0 Å². The van der Waals surface area contributed by atoms with Crippen LogP contribution in [0.25, 0.3) is 6.08 Å². The van der Waals surface area contributed by atoms with Crippen LogP contribution in [0.4, 0.5) is 4.79 Å². The highest BCUT2D eigenvalue weighted by molar-refractivity contribution is 6.14. The number of nitrogens with zero attached hydrogens (tertiary/aromatic N) is 1. The van der Waals surface area contributed by atoms with Gasteiger partial charge in [-0.05, 0) is 42.8 Å². The predicted molar refractivity (Wildman–Crippen MR) is 105 cm³/mol. The smallest absolute Gasteiger partial charge is 0.415 e. The number of carbonyl (C=O) groups excluding carboxylic acids is 2. The molecule has 7 heteroatoms. The first-order chi connectivity index (χ1) is 14.1. The molecule has 1 amide bonds. The first-order valence-corrected chi connectivity index (χ1v) is 9.49. The maximum atomic E-state index is 12.6. The molecular formula is C22H21NO6. The summed E-state index contributed by atoms with van der Waals surface area (Å²) >= 11 is 0. The van der Waals surface area contributed by atoms with Crippen LogP contribution in [0.1, 0.15) is 22.8 Å². The van der Waals surface area contributed by atoms with Gasteiger partial charge in [0.1, 0.15) is 17.2 Å². The molecule has 0 bridgehead atoms. The molecule has 0 radical (unpaired) electrons. The van der Waals surface area contributed by atoms with Gasteiger partial charge in [0.15, 0.2) is 5.76 Å². The van der Waals surface area contributed by atoms with E-state index in [9.17, 15) is 9.59 Å². The quantitative estimate of drug-likeness (QED) is 0.738. The van der Waals surface area contributed by atoms with Gasteiger partial charge < -0.3 is 23.8 Å². The van der Waals surface area contributed by atoms with Crippen LogP contribution in [-0.4, -0.2) is 49.7 Å². The summed E-state index contributed by atoms with van der Waals surface area (Å²) in [4.78, 5) is 26.5. The lowest BCUT2D eigenvalue weighted by Gasteiger charge is -2.25. The highest BCUT2D eigenvalue weighted by atomic mass is 16.6. The first-order valence-electron chi connectivity index (χ1n) is 9.49. The molecule has 2 heterocycles. The van der Waals surface area contributed by atoms with Crippen molar-refractivity contribution in [1.82, 2.24) is 4.90 Å². The van der Waals surface area contributed by atoms with Gasteiger partial charge in [-0.3, -0.25) is 4.79 Å². The van der Waals surface area contributed by atoms with Gasteiger partial charge in [0.2, 0.25) is 5.78 Å². The summed E-state index contributed by atoms with van der Waals surface area (Å²) in [6, 6.07) is 12.1. The third-order valence-corrected chi connectivity index (χ3v) is 4.58. The molecule has 0 saturated carbocycles. The van der Waals surface area contributed by atoms with Gasteiger partial charge in [0.05, 0.1) is 25.4 Å². The number of hydrogen-bond acceptors (Lipinski definition) is 6. The van der Waals surface area contributed by atoms with Gasteiger partial charge in [0.25, 0.3) is 0 Å². The summed E-state index contributed by atoms with van der Waals surface area (Å²) in [7, 11) is 0. The van der Waals surface area contributed by atoms with Crippen molar-refractivity contribution in [1.29, 1.82) is 0 Å². The molecule has 1 fully saturated rings. The molecule has 0 aliphatic carbocycles. The molecule has 1 saturated heterocycles. The molecule has 0 spiro atoms. The van der Waals surface area contributed by atoms with Crippen molar-refractivity contribution < 1.29 is 28.5 Å². The second-order valence-corrected chi connectivity index (χ2v) is 6.57. The van der Waals surface area contributed by atoms with Crippen LogP contribution in [0.15, 0.2) is 48.2 Å². The van der Waals surface area contributed by atoms with E-state index in [1.165, 1.54) is 0 Å². The molecule has 2 aliphatic rings. The Morgan fingerprint density at radius 1 is 1.14 bits per heavy atom. The SMILES string of the molecule is CCOc1ccc2c(c1)O/C(=C\c1cccc(OC(=O)N3CCOCC3)c1)C2=O. The Kier molecular flexibility index (Phi) is 5.48. The zero-order valence-electron chi connectivity index (χ0n) is 16.1. The number of rotatable bonds is 4. The van der Waals surface area contributed by atoms with Crippen LogP contribution in [0.3, 0.4) is 0 Å². The minimum absolute atomic E-state index is 0.196. The van der Waals surface area contributed by atoms with Crippen LogP contribution in [-0.2, 0) is 4.74 Å². The molecule has 0 unspecified atom stereocenters. The zero-order valence-corrected chi connectivity index (χ0v) is 16.1. The van der Waals surface area contributed by atoms with Crippen molar-refractivity contribution in [3.05, 3.63) is 59.4 Å². The number of benzene rings is 2. The summed E-state index contributed by atoms with van der Waals surface area (Å²) in [6.45, 7) is 4.45. The summed E-state index contributed by atoms with van der Waals surface area (Å²) < 4.78 is 21.9. The fourth-order valence-electron chi connectivity index (χ4n) is 3.15. The summed E-state index contributed by atoms with van der Waals surface area (Å²) in [6.07, 6.45) is 1.22. The number of ketones is 1. The molecule has 2 aromatic carbocycles. The van der Waals surface area contributed by atoms with Gasteiger partial charge >= 0.3 is 6.09 Å². The van der Waals surface area contributed by atoms with Crippen molar-refractivity contribution >= 4 is 18.0 Å². The predicted octanol–water partition coefficient (Wildman–Crippen LogP) is 3.53. The minimum atomic E-state index is -0.415. The zero-order chi connectivity index (χ0) is 20.2. The molecule has 0 N–H and O–H groups in total. The monoisotopic (exact) mass is 395 g/mol. The Morgan fingerprint density at radius 2 is 1.97 bits per heavy atom. The van der Waals surface area contributed by atoms with Crippen molar-refractivity contribution in [2.45, 2.75) is 6.92 Å². The Bertz CT molecular complexity index is 962. The van der Waals surface area contributed by atoms with Crippen LogP contribution < -0.4 is 14.2 Å². The molecule has 0 atom stereocenters. The lowest BCUT2D eigenvalue weighted by Crippen LogP contribution is -2.42. The van der Waals surface area contributed by atoms with Crippen LogP contribution in [0.5, 0.6) is 17.2 Å². The highest BCUT2D eigenvalue weighted by Gasteiger charge is 2.27. The second-order valence-electron chi connectivity index (χ2n) is 6.57. The average Bonchev–Trinajstić information content (AvgIpc) is 3.04. The molecule has 7 nitrogen and oxygen atoms in total. The number of amides is 1. The number of allylic oxidation sites excluding steroid dienone is 1. The Labute approximate surface area is 168 Å². The normalized spacial score (nSPS) is 17.1. The van der Waals surface area contributed by atoms with Gasteiger partial charge in [-0.25, -0.2) is 4.79 Å². The minimum Gasteiger partial charge on any atom is -0.494 e. The maximum absolute atomic E-state index is 12.6. The number of carbonyl (C=O) groups is 2. The van der Waals surface area contributed by atoms with Gasteiger partial charge in [-0.2, -0.15) is 0 Å².